The molecule has 0 saturated carbocycles. The Morgan fingerprint density at radius 1 is 0.383 bits per heavy atom. The zero-order chi connectivity index (χ0) is 45.4. The van der Waals surface area contributed by atoms with Gasteiger partial charge in [-0.1, -0.05) is 48.5 Å². The van der Waals surface area contributed by atoms with Crippen molar-refractivity contribution in [3.05, 3.63) is 129 Å². The molecular formula is C36H16F18N2O4. The Hall–Kier alpha value is -6.10. The number of rotatable bonds is 10. The molecular weight excluding hydrogens is 866 g/mol. The van der Waals surface area contributed by atoms with E-state index < -0.39 is 116 Å². The number of halogens is 18. The van der Waals surface area contributed by atoms with Crippen molar-refractivity contribution in [3.8, 4) is 0 Å². The van der Waals surface area contributed by atoms with Crippen molar-refractivity contribution in [1.29, 1.82) is 0 Å². The summed E-state index contributed by atoms with van der Waals surface area (Å²) in [5, 5.41) is 4.16. The topological polar surface area (TPSA) is 92.3 Å². The molecule has 0 spiro atoms. The second-order valence-electron chi connectivity index (χ2n) is 12.6. The van der Waals surface area contributed by atoms with Gasteiger partial charge in [0.2, 0.25) is 0 Å². The van der Waals surface area contributed by atoms with Crippen LogP contribution in [0.15, 0.2) is 84.9 Å². The molecule has 2 amide bonds. The van der Waals surface area contributed by atoms with Crippen molar-refractivity contribution in [1.82, 2.24) is 0 Å². The van der Waals surface area contributed by atoms with Crippen molar-refractivity contribution >= 4 is 34.8 Å². The van der Waals surface area contributed by atoms with Crippen molar-refractivity contribution < 1.29 is 98.2 Å². The van der Waals surface area contributed by atoms with Gasteiger partial charge in [-0.25, -0.2) is 0 Å². The molecule has 0 radical (unpaired) electrons. The number of nitrogens with one attached hydrogen (secondary N) is 2. The molecule has 320 valence electrons. The van der Waals surface area contributed by atoms with Gasteiger partial charge in [-0.15, -0.1) is 0 Å². The van der Waals surface area contributed by atoms with Gasteiger partial charge in [-0.3, -0.25) is 19.2 Å². The molecule has 0 saturated heterocycles. The van der Waals surface area contributed by atoms with Crippen molar-refractivity contribution in [3.63, 3.8) is 0 Å². The first-order valence-corrected chi connectivity index (χ1v) is 15.8. The monoisotopic (exact) mass is 882 g/mol. The van der Waals surface area contributed by atoms with Crippen LogP contribution in [0, 0.1) is 0 Å². The molecule has 2 N–H and O–H groups in total. The van der Waals surface area contributed by atoms with Crippen LogP contribution in [-0.4, -0.2) is 59.4 Å². The zero-order valence-corrected chi connectivity index (χ0v) is 28.5. The predicted molar refractivity (Wildman–Crippen MR) is 168 cm³/mol. The summed E-state index contributed by atoms with van der Waals surface area (Å²) in [5.74, 6) is -45.7. The highest BCUT2D eigenvalue weighted by molar-refractivity contribution is 6.33. The second kappa shape index (κ2) is 14.3. The Balaban J connectivity index is 1.47. The normalized spacial score (nSPS) is 14.4. The Morgan fingerprint density at radius 3 is 0.933 bits per heavy atom. The van der Waals surface area contributed by atoms with E-state index in [1.165, 1.54) is 12.1 Å². The number of fused-ring (bicyclic) bond motifs is 2. The van der Waals surface area contributed by atoms with Crippen LogP contribution < -0.4 is 10.6 Å². The van der Waals surface area contributed by atoms with Gasteiger partial charge in [-0.2, -0.15) is 79.0 Å². The highest BCUT2D eigenvalue weighted by Gasteiger charge is 2.83. The minimum atomic E-state index is -7.22. The molecule has 4 aromatic rings. The van der Waals surface area contributed by atoms with E-state index in [9.17, 15) is 98.2 Å². The maximum Gasteiger partial charge on any atom is 0.460 e. The molecule has 0 aromatic heterocycles. The average Bonchev–Trinajstić information content (AvgIpc) is 3.16. The molecule has 5 rings (SSSR count). The third-order valence-electron chi connectivity index (χ3n) is 8.88. The molecule has 0 unspecified atom stereocenters. The number of anilines is 2. The van der Waals surface area contributed by atoms with Crippen LogP contribution >= 0.6 is 0 Å². The smallest absolute Gasteiger partial charge is 0.321 e. The first-order valence-electron chi connectivity index (χ1n) is 15.8. The van der Waals surface area contributed by atoms with E-state index >= 15 is 0 Å². The third-order valence-corrected chi connectivity index (χ3v) is 8.88. The fraction of sp³-hybridized carbons (Fsp3) is 0.222. The van der Waals surface area contributed by atoms with Gasteiger partial charge in [0.15, 0.2) is 11.6 Å². The van der Waals surface area contributed by atoms with Crippen LogP contribution in [0.3, 0.4) is 0 Å². The number of amides is 2. The lowest BCUT2D eigenvalue weighted by Gasteiger charge is -2.33. The van der Waals surface area contributed by atoms with Gasteiger partial charge in [-0.05, 0) is 36.4 Å². The molecule has 1 aliphatic carbocycles. The van der Waals surface area contributed by atoms with Crippen LogP contribution in [0.1, 0.15) is 63.7 Å². The van der Waals surface area contributed by atoms with E-state index in [1.54, 1.807) is 0 Å². The Labute approximate surface area is 321 Å². The fourth-order valence-electron chi connectivity index (χ4n) is 5.59. The number of carbonyl (C=O) groups is 4. The molecule has 1 aliphatic rings. The quantitative estimate of drug-likeness (QED) is 0.137. The summed E-state index contributed by atoms with van der Waals surface area (Å²) in [6, 6.07) is 7.40. The number of benzene rings is 4. The molecule has 4 aromatic carbocycles. The summed E-state index contributed by atoms with van der Waals surface area (Å²) in [6.07, 6.45) is -14.2. The molecule has 0 heterocycles. The molecule has 0 bridgehead atoms. The van der Waals surface area contributed by atoms with Crippen LogP contribution in [-0.2, 0) is 11.8 Å². The first kappa shape index (κ1) is 45.0. The van der Waals surface area contributed by atoms with E-state index in [1.807, 2.05) is 0 Å². The molecule has 0 atom stereocenters. The maximum atomic E-state index is 14.4. The summed E-state index contributed by atoms with van der Waals surface area (Å²) in [6.45, 7) is 0. The Morgan fingerprint density at radius 2 is 0.667 bits per heavy atom. The largest absolute Gasteiger partial charge is 0.460 e. The molecule has 24 heteroatoms. The zero-order valence-electron chi connectivity index (χ0n) is 28.5. The van der Waals surface area contributed by atoms with E-state index in [4.69, 9.17) is 0 Å². The van der Waals surface area contributed by atoms with Gasteiger partial charge in [0.1, 0.15) is 0 Å². The van der Waals surface area contributed by atoms with E-state index in [2.05, 4.69) is 10.6 Å². The highest BCUT2D eigenvalue weighted by atomic mass is 19.4. The second-order valence-corrected chi connectivity index (χ2v) is 12.6. The Bertz CT molecular complexity index is 2220. The molecule has 0 aliphatic heterocycles. The number of carbonyl (C=O) groups excluding carboxylic acids is 4. The average molecular weight is 882 g/mol. The van der Waals surface area contributed by atoms with Crippen molar-refractivity contribution in [2.24, 2.45) is 0 Å². The summed E-state index contributed by atoms with van der Waals surface area (Å²) in [5.41, 5.74) is -8.91. The highest BCUT2D eigenvalue weighted by Crippen LogP contribution is 2.58. The SMILES string of the molecule is O=C(Nc1ccc(NC(=O)c2ccc(C(F)(F)C(F)(F)C(F)(F)C(F)(F)F)cc2)c2c1C(=O)c1ccccc1C2=O)c1ccc(C(F)(F)C(F)(F)C(F)(F)C(F)(F)F)cc1. The Kier molecular flexibility index (Phi) is 10.7. The standard InChI is InChI=1S/C36H16F18N2O4/c37-29(38,31(41,42)33(45,46)35(49,50)51)17-9-5-15(6-10-17)27(59)55-21-13-14-22(24-23(21)25(57)19-3-1-2-4-20(19)26(24)58)56-28(60)16-7-11-18(12-8-16)30(39,40)32(43,44)34(47,48)36(52,53)54/h1-14H,(H,55,59)(H,56,60). The van der Waals surface area contributed by atoms with Gasteiger partial charge in [0.05, 0.1) is 22.5 Å². The lowest BCUT2D eigenvalue weighted by Crippen LogP contribution is -2.59. The van der Waals surface area contributed by atoms with Crippen LogP contribution in [0.2, 0.25) is 0 Å². The summed E-state index contributed by atoms with van der Waals surface area (Å²) >= 11 is 0. The van der Waals surface area contributed by atoms with E-state index in [0.717, 1.165) is 24.3 Å². The summed E-state index contributed by atoms with van der Waals surface area (Å²) in [7, 11) is 0. The van der Waals surface area contributed by atoms with Crippen molar-refractivity contribution in [2.75, 3.05) is 10.6 Å². The summed E-state index contributed by atoms with van der Waals surface area (Å²) in [4.78, 5) is 53.6. The van der Waals surface area contributed by atoms with Crippen LogP contribution in [0.5, 0.6) is 0 Å². The van der Waals surface area contributed by atoms with Gasteiger partial charge in [0, 0.05) is 33.4 Å². The minimum absolute atomic E-state index is 0.0781. The molecule has 0 fully saturated rings. The van der Waals surface area contributed by atoms with Crippen LogP contribution in [0.4, 0.5) is 90.4 Å². The van der Waals surface area contributed by atoms with E-state index in [0.29, 0.717) is 24.3 Å². The lowest BCUT2D eigenvalue weighted by molar-refractivity contribution is -0.399. The first-order chi connectivity index (χ1) is 27.3. The van der Waals surface area contributed by atoms with Gasteiger partial charge >= 0.3 is 47.9 Å². The number of hydrogen-bond acceptors (Lipinski definition) is 4. The molecule has 60 heavy (non-hydrogen) atoms. The number of ketones is 2. The minimum Gasteiger partial charge on any atom is -0.321 e. The lowest BCUT2D eigenvalue weighted by atomic mass is 9.82. The van der Waals surface area contributed by atoms with Crippen molar-refractivity contribution in [2.45, 2.75) is 47.9 Å². The molecule has 6 nitrogen and oxygen atoms in total. The third kappa shape index (κ3) is 6.87. The fourth-order valence-corrected chi connectivity index (χ4v) is 5.59. The van der Waals surface area contributed by atoms with Gasteiger partial charge in [0.25, 0.3) is 11.8 Å². The summed E-state index contributed by atoms with van der Waals surface area (Å²) < 4.78 is 242. The number of hydrogen-bond donors (Lipinski definition) is 2. The predicted octanol–water partition coefficient (Wildman–Crippen LogP) is 10.8. The van der Waals surface area contributed by atoms with Crippen LogP contribution in [0.25, 0.3) is 0 Å². The maximum absolute atomic E-state index is 14.4. The number of alkyl halides is 18. The van der Waals surface area contributed by atoms with E-state index in [-0.39, 0.29) is 35.4 Å². The van der Waals surface area contributed by atoms with Gasteiger partial charge < -0.3 is 10.6 Å².